The molecule has 0 amide bonds. The average molecular weight is 428 g/mol. The lowest BCUT2D eigenvalue weighted by molar-refractivity contribution is -0.137. The second-order valence-electron chi connectivity index (χ2n) is 5.60. The summed E-state index contributed by atoms with van der Waals surface area (Å²) in [5.74, 6) is -0.927. The summed E-state index contributed by atoms with van der Waals surface area (Å²) in [6, 6.07) is 10.4. The Balaban J connectivity index is 1.80. The van der Waals surface area contributed by atoms with Crippen molar-refractivity contribution in [1.82, 2.24) is 4.31 Å². The molecule has 0 N–H and O–H groups in total. The normalized spacial score (nSPS) is 18.2. The molecule has 1 heterocycles. The van der Waals surface area contributed by atoms with E-state index >= 15 is 0 Å². The summed E-state index contributed by atoms with van der Waals surface area (Å²) in [7, 11) is -3.80. The van der Waals surface area contributed by atoms with Crippen LogP contribution in [-0.4, -0.2) is 31.3 Å². The van der Waals surface area contributed by atoms with Crippen LogP contribution in [0.2, 0.25) is 0 Å². The zero-order valence-electron chi connectivity index (χ0n) is 13.1. The van der Waals surface area contributed by atoms with Crippen LogP contribution in [0.5, 0.6) is 5.75 Å². The van der Waals surface area contributed by atoms with Gasteiger partial charge in [0.25, 0.3) is 0 Å². The molecular weight excluding hydrogens is 413 g/mol. The Morgan fingerprint density at radius 3 is 2.40 bits per heavy atom. The first-order chi connectivity index (χ1) is 11.9. The third-order valence-electron chi connectivity index (χ3n) is 3.93. The number of carbonyl (C=O) groups excluding carboxylic acids is 1. The molecule has 1 fully saturated rings. The number of halogens is 2. The smallest absolute Gasteiger partial charge is 0.329 e. The number of hydrogen-bond donors (Lipinski definition) is 0. The Kier molecular flexibility index (Phi) is 5.21. The minimum atomic E-state index is -3.80. The summed E-state index contributed by atoms with van der Waals surface area (Å²) in [5.41, 5.74) is 0. The van der Waals surface area contributed by atoms with Gasteiger partial charge in [-0.2, -0.15) is 4.31 Å². The van der Waals surface area contributed by atoms with Crippen molar-refractivity contribution in [3.63, 3.8) is 0 Å². The summed E-state index contributed by atoms with van der Waals surface area (Å²) in [4.78, 5) is 12.5. The van der Waals surface area contributed by atoms with Gasteiger partial charge in [0.2, 0.25) is 10.0 Å². The number of sulfonamides is 1. The van der Waals surface area contributed by atoms with Crippen molar-refractivity contribution in [2.45, 2.75) is 23.8 Å². The maximum atomic E-state index is 12.9. The van der Waals surface area contributed by atoms with Gasteiger partial charge in [0.05, 0.1) is 4.90 Å². The van der Waals surface area contributed by atoms with Gasteiger partial charge in [-0.05, 0) is 61.4 Å². The summed E-state index contributed by atoms with van der Waals surface area (Å²) < 4.78 is 45.7. The molecule has 25 heavy (non-hydrogen) atoms. The van der Waals surface area contributed by atoms with Crippen molar-refractivity contribution in [3.8, 4) is 5.75 Å². The number of ether oxygens (including phenoxy) is 1. The van der Waals surface area contributed by atoms with Crippen molar-refractivity contribution in [3.05, 3.63) is 58.8 Å². The molecule has 3 rings (SSSR count). The molecule has 0 saturated carbocycles. The highest BCUT2D eigenvalue weighted by molar-refractivity contribution is 9.10. The van der Waals surface area contributed by atoms with E-state index in [-0.39, 0.29) is 17.2 Å². The molecule has 0 aliphatic carbocycles. The zero-order chi connectivity index (χ0) is 18.0. The predicted octanol–water partition coefficient (Wildman–Crippen LogP) is 3.35. The van der Waals surface area contributed by atoms with E-state index < -0.39 is 27.9 Å². The van der Waals surface area contributed by atoms with Gasteiger partial charge >= 0.3 is 5.97 Å². The van der Waals surface area contributed by atoms with Crippen LogP contribution in [0.15, 0.2) is 57.9 Å². The molecule has 0 unspecified atom stereocenters. The molecule has 2 aromatic carbocycles. The second-order valence-corrected chi connectivity index (χ2v) is 8.41. The topological polar surface area (TPSA) is 63.7 Å². The van der Waals surface area contributed by atoms with Crippen molar-refractivity contribution >= 4 is 31.9 Å². The van der Waals surface area contributed by atoms with Crippen LogP contribution in [0.1, 0.15) is 12.8 Å². The van der Waals surface area contributed by atoms with E-state index in [0.717, 1.165) is 4.47 Å². The zero-order valence-corrected chi connectivity index (χ0v) is 15.5. The Bertz CT molecular complexity index is 869. The van der Waals surface area contributed by atoms with Gasteiger partial charge in [0.1, 0.15) is 17.6 Å². The van der Waals surface area contributed by atoms with Crippen LogP contribution in [0.3, 0.4) is 0 Å². The average Bonchev–Trinajstić information content (AvgIpc) is 3.08. The minimum absolute atomic E-state index is 0.122. The van der Waals surface area contributed by atoms with Crippen LogP contribution >= 0.6 is 15.9 Å². The molecule has 1 saturated heterocycles. The second kappa shape index (κ2) is 7.23. The Morgan fingerprint density at radius 2 is 1.76 bits per heavy atom. The number of rotatable bonds is 4. The first-order valence-corrected chi connectivity index (χ1v) is 9.86. The third-order valence-corrected chi connectivity index (χ3v) is 6.38. The van der Waals surface area contributed by atoms with E-state index in [1.165, 1.54) is 40.7 Å². The maximum absolute atomic E-state index is 12.9. The highest BCUT2D eigenvalue weighted by Crippen LogP contribution is 2.28. The SMILES string of the molecule is O=C(Oc1ccc(F)cc1)[C@@H]1CCCN1S(=O)(=O)c1ccc(Br)cc1. The quantitative estimate of drug-likeness (QED) is 0.554. The molecule has 0 spiro atoms. The van der Waals surface area contributed by atoms with Crippen molar-refractivity contribution < 1.29 is 22.3 Å². The predicted molar refractivity (Wildman–Crippen MR) is 93.1 cm³/mol. The molecule has 1 aliphatic heterocycles. The summed E-state index contributed by atoms with van der Waals surface area (Å²) >= 11 is 3.26. The van der Waals surface area contributed by atoms with Gasteiger partial charge in [-0.1, -0.05) is 15.9 Å². The number of carbonyl (C=O) groups is 1. The van der Waals surface area contributed by atoms with Crippen LogP contribution < -0.4 is 4.74 Å². The van der Waals surface area contributed by atoms with Gasteiger partial charge in [-0.15, -0.1) is 0 Å². The largest absolute Gasteiger partial charge is 0.425 e. The van der Waals surface area contributed by atoms with Gasteiger partial charge in [0.15, 0.2) is 0 Å². The monoisotopic (exact) mass is 427 g/mol. The lowest BCUT2D eigenvalue weighted by Crippen LogP contribution is -2.42. The molecule has 1 atom stereocenters. The van der Waals surface area contributed by atoms with Crippen molar-refractivity contribution in [2.24, 2.45) is 0 Å². The molecule has 0 bridgehead atoms. The maximum Gasteiger partial charge on any atom is 0.329 e. The number of nitrogens with zero attached hydrogens (tertiary/aromatic N) is 1. The van der Waals surface area contributed by atoms with E-state index in [4.69, 9.17) is 4.74 Å². The Labute approximate surface area is 153 Å². The summed E-state index contributed by atoms with van der Waals surface area (Å²) in [6.07, 6.45) is 0.953. The van der Waals surface area contributed by atoms with Crippen LogP contribution in [0.4, 0.5) is 4.39 Å². The van der Waals surface area contributed by atoms with E-state index in [1.807, 2.05) is 0 Å². The molecule has 132 valence electrons. The van der Waals surface area contributed by atoms with Crippen molar-refractivity contribution in [1.29, 1.82) is 0 Å². The van der Waals surface area contributed by atoms with Crippen LogP contribution in [-0.2, 0) is 14.8 Å². The van der Waals surface area contributed by atoms with E-state index in [1.54, 1.807) is 12.1 Å². The fourth-order valence-corrected chi connectivity index (χ4v) is 4.60. The van der Waals surface area contributed by atoms with E-state index in [9.17, 15) is 17.6 Å². The third kappa shape index (κ3) is 3.91. The standard InChI is InChI=1S/C17H15BrFNO4S/c18-12-3-9-15(10-4-12)25(22,23)20-11-1-2-16(20)17(21)24-14-7-5-13(19)6-8-14/h3-10,16H,1-2,11H2/t16-/m0/s1. The number of benzene rings is 2. The highest BCUT2D eigenvalue weighted by atomic mass is 79.9. The number of hydrogen-bond acceptors (Lipinski definition) is 4. The molecule has 5 nitrogen and oxygen atoms in total. The molecule has 0 aromatic heterocycles. The van der Waals surface area contributed by atoms with Gasteiger partial charge in [0, 0.05) is 11.0 Å². The summed E-state index contributed by atoms with van der Waals surface area (Å²) in [6.45, 7) is 0.252. The fraction of sp³-hybridized carbons (Fsp3) is 0.235. The van der Waals surface area contributed by atoms with Gasteiger partial charge in [-0.3, -0.25) is 0 Å². The molecule has 1 aliphatic rings. The van der Waals surface area contributed by atoms with E-state index in [0.29, 0.717) is 12.8 Å². The molecule has 2 aromatic rings. The van der Waals surface area contributed by atoms with Crippen molar-refractivity contribution in [2.75, 3.05) is 6.54 Å². The highest BCUT2D eigenvalue weighted by Gasteiger charge is 2.40. The molecule has 8 heteroatoms. The minimum Gasteiger partial charge on any atom is -0.425 e. The van der Waals surface area contributed by atoms with Crippen LogP contribution in [0, 0.1) is 5.82 Å². The Hall–Kier alpha value is -1.77. The lowest BCUT2D eigenvalue weighted by atomic mass is 10.2. The Morgan fingerprint density at radius 1 is 1.12 bits per heavy atom. The first-order valence-electron chi connectivity index (χ1n) is 7.62. The summed E-state index contributed by atoms with van der Waals surface area (Å²) in [5, 5.41) is 0. The van der Waals surface area contributed by atoms with E-state index in [2.05, 4.69) is 15.9 Å². The van der Waals surface area contributed by atoms with Gasteiger partial charge < -0.3 is 4.74 Å². The number of esters is 1. The van der Waals surface area contributed by atoms with Crippen LogP contribution in [0.25, 0.3) is 0 Å². The fourth-order valence-electron chi connectivity index (χ4n) is 2.69. The molecular formula is C17H15BrFNO4S. The lowest BCUT2D eigenvalue weighted by Gasteiger charge is -2.22. The van der Waals surface area contributed by atoms with Gasteiger partial charge in [-0.25, -0.2) is 17.6 Å². The first kappa shape index (κ1) is 18.0. The molecule has 0 radical (unpaired) electrons.